The molecule has 0 unspecified atom stereocenters. The molecule has 2 aromatic heterocycles. The number of carbonyl (C=O) groups is 1. The van der Waals surface area contributed by atoms with Crippen LogP contribution < -0.4 is 16.6 Å². The topological polar surface area (TPSA) is 95.2 Å². The first-order valence-corrected chi connectivity index (χ1v) is 8.62. The molecule has 3 heterocycles. The first-order chi connectivity index (χ1) is 12.7. The average Bonchev–Trinajstić information content (AvgIpc) is 2.63. The molecule has 0 aromatic carbocycles. The number of hydrogen-bond acceptors (Lipinski definition) is 6. The summed E-state index contributed by atoms with van der Waals surface area (Å²) < 4.78 is 7.82. The Morgan fingerprint density at radius 3 is 2.56 bits per heavy atom. The maximum absolute atomic E-state index is 13.0. The zero-order valence-electron chi connectivity index (χ0n) is 15.9. The van der Waals surface area contributed by atoms with Crippen LogP contribution in [0.15, 0.2) is 45.4 Å². The van der Waals surface area contributed by atoms with Gasteiger partial charge in [-0.2, -0.15) is 0 Å². The van der Waals surface area contributed by atoms with Gasteiger partial charge in [0.05, 0.1) is 23.2 Å². The summed E-state index contributed by atoms with van der Waals surface area (Å²) in [4.78, 5) is 42.3. The maximum atomic E-state index is 13.0. The fourth-order valence-electron chi connectivity index (χ4n) is 3.32. The molecule has 0 fully saturated rings. The summed E-state index contributed by atoms with van der Waals surface area (Å²) in [6.07, 6.45) is 2.92. The van der Waals surface area contributed by atoms with E-state index in [0.717, 1.165) is 4.57 Å². The third-order valence-electron chi connectivity index (χ3n) is 4.57. The Hall–Kier alpha value is -3.16. The second-order valence-corrected chi connectivity index (χ2v) is 6.81. The number of ether oxygens (including phenoxy) is 1. The molecule has 2 aromatic rings. The quantitative estimate of drug-likeness (QED) is 0.818. The number of nitrogens with one attached hydrogen (secondary N) is 1. The average molecular weight is 370 g/mol. The molecule has 3 rings (SSSR count). The molecule has 1 atom stereocenters. The van der Waals surface area contributed by atoms with E-state index in [1.165, 1.54) is 11.6 Å². The molecule has 0 radical (unpaired) electrons. The van der Waals surface area contributed by atoms with Gasteiger partial charge in [0.1, 0.15) is 5.82 Å². The molecule has 27 heavy (non-hydrogen) atoms. The zero-order valence-corrected chi connectivity index (χ0v) is 15.9. The van der Waals surface area contributed by atoms with Gasteiger partial charge < -0.3 is 10.1 Å². The van der Waals surface area contributed by atoms with E-state index in [9.17, 15) is 14.4 Å². The van der Waals surface area contributed by atoms with Crippen LogP contribution in [0, 0.1) is 0 Å². The molecule has 0 aliphatic carbocycles. The number of carbonyl (C=O) groups excluding carboxylic acids is 1. The van der Waals surface area contributed by atoms with E-state index >= 15 is 0 Å². The van der Waals surface area contributed by atoms with E-state index in [2.05, 4.69) is 10.3 Å². The summed E-state index contributed by atoms with van der Waals surface area (Å²) in [6.45, 7) is 5.25. The van der Waals surface area contributed by atoms with Gasteiger partial charge in [0.25, 0.3) is 5.56 Å². The summed E-state index contributed by atoms with van der Waals surface area (Å²) in [5.74, 6) is -0.826. The zero-order chi connectivity index (χ0) is 19.9. The van der Waals surface area contributed by atoms with E-state index < -0.39 is 23.1 Å². The fraction of sp³-hybridized carbons (Fsp3) is 0.368. The SMILES string of the molecule is CC1=C(C(=O)OC(C)C)[C@@H](c2cccnc2)c2c(n(C)c(=O)n(C)c2=O)N1. The molecule has 1 N–H and O–H groups in total. The van der Waals surface area contributed by atoms with Gasteiger partial charge in [0, 0.05) is 32.2 Å². The summed E-state index contributed by atoms with van der Waals surface area (Å²) in [5, 5.41) is 3.05. The molecule has 0 spiro atoms. The fourth-order valence-corrected chi connectivity index (χ4v) is 3.32. The number of aromatic nitrogens is 3. The lowest BCUT2D eigenvalue weighted by Gasteiger charge is -2.31. The van der Waals surface area contributed by atoms with Gasteiger partial charge in [0.15, 0.2) is 0 Å². The Kier molecular flexibility index (Phi) is 4.73. The monoisotopic (exact) mass is 370 g/mol. The van der Waals surface area contributed by atoms with E-state index in [1.807, 2.05) is 0 Å². The Labute approximate surface area is 156 Å². The first kappa shape index (κ1) is 18.6. The van der Waals surface area contributed by atoms with Gasteiger partial charge in [0.2, 0.25) is 0 Å². The summed E-state index contributed by atoms with van der Waals surface area (Å²) in [6, 6.07) is 3.54. The number of hydrogen-bond donors (Lipinski definition) is 1. The summed E-state index contributed by atoms with van der Waals surface area (Å²) in [7, 11) is 3.00. The molecule has 0 saturated carbocycles. The van der Waals surface area contributed by atoms with Crippen molar-refractivity contribution in [3.63, 3.8) is 0 Å². The minimum absolute atomic E-state index is 0.309. The minimum Gasteiger partial charge on any atom is -0.460 e. The molecule has 0 saturated heterocycles. The van der Waals surface area contributed by atoms with E-state index in [0.29, 0.717) is 28.2 Å². The smallest absolute Gasteiger partial charge is 0.337 e. The van der Waals surface area contributed by atoms with Gasteiger partial charge in [-0.15, -0.1) is 0 Å². The van der Waals surface area contributed by atoms with Crippen LogP contribution in [0.1, 0.15) is 37.8 Å². The minimum atomic E-state index is -0.688. The number of anilines is 1. The second-order valence-electron chi connectivity index (χ2n) is 6.81. The third kappa shape index (κ3) is 3.07. The van der Waals surface area contributed by atoms with Crippen LogP contribution in [0.25, 0.3) is 0 Å². The van der Waals surface area contributed by atoms with Gasteiger partial charge >= 0.3 is 11.7 Å². The number of pyridine rings is 1. The number of allylic oxidation sites excluding steroid dienone is 1. The number of fused-ring (bicyclic) bond motifs is 1. The normalized spacial score (nSPS) is 16.1. The lowest BCUT2D eigenvalue weighted by atomic mass is 9.83. The molecule has 0 amide bonds. The van der Waals surface area contributed by atoms with Gasteiger partial charge in [-0.05, 0) is 32.4 Å². The van der Waals surface area contributed by atoms with Crippen molar-refractivity contribution in [2.75, 3.05) is 5.32 Å². The van der Waals surface area contributed by atoms with Crippen molar-refractivity contribution < 1.29 is 9.53 Å². The molecule has 142 valence electrons. The highest BCUT2D eigenvalue weighted by Gasteiger charge is 2.37. The summed E-state index contributed by atoms with van der Waals surface area (Å²) in [5.41, 5.74) is 0.944. The Balaban J connectivity index is 2.35. The van der Waals surface area contributed by atoms with E-state index in [-0.39, 0.29) is 6.10 Å². The Morgan fingerprint density at radius 2 is 1.96 bits per heavy atom. The highest BCUT2D eigenvalue weighted by Crippen LogP contribution is 2.39. The van der Waals surface area contributed by atoms with E-state index in [1.54, 1.807) is 52.3 Å². The van der Waals surface area contributed by atoms with Crippen LogP contribution in [0.3, 0.4) is 0 Å². The third-order valence-corrected chi connectivity index (χ3v) is 4.57. The van der Waals surface area contributed by atoms with Crippen molar-refractivity contribution in [3.8, 4) is 0 Å². The number of esters is 1. The molecule has 1 aliphatic rings. The number of nitrogens with zero attached hydrogens (tertiary/aromatic N) is 3. The maximum Gasteiger partial charge on any atom is 0.337 e. The predicted octanol–water partition coefficient (Wildman–Crippen LogP) is 1.26. The van der Waals surface area contributed by atoms with Crippen LogP contribution in [0.4, 0.5) is 5.82 Å². The molecule has 8 nitrogen and oxygen atoms in total. The van der Waals surface area contributed by atoms with Gasteiger partial charge in [-0.25, -0.2) is 9.59 Å². The van der Waals surface area contributed by atoms with Gasteiger partial charge in [-0.1, -0.05) is 6.07 Å². The first-order valence-electron chi connectivity index (χ1n) is 8.62. The van der Waals surface area contributed by atoms with Crippen LogP contribution in [-0.4, -0.2) is 26.2 Å². The van der Waals surface area contributed by atoms with Crippen LogP contribution in [0.2, 0.25) is 0 Å². The lowest BCUT2D eigenvalue weighted by molar-refractivity contribution is -0.143. The van der Waals surface area contributed by atoms with Crippen LogP contribution in [-0.2, 0) is 23.6 Å². The highest BCUT2D eigenvalue weighted by atomic mass is 16.5. The van der Waals surface area contributed by atoms with Crippen molar-refractivity contribution in [1.29, 1.82) is 0 Å². The number of rotatable bonds is 3. The highest BCUT2D eigenvalue weighted by molar-refractivity contribution is 5.94. The molecule has 0 bridgehead atoms. The molecule has 1 aliphatic heterocycles. The Bertz CT molecular complexity index is 1050. The molecular weight excluding hydrogens is 348 g/mol. The summed E-state index contributed by atoms with van der Waals surface area (Å²) >= 11 is 0. The standard InChI is InChI=1S/C19H22N4O4/c1-10(2)27-18(25)13-11(3)21-16-15(14(13)12-7-6-8-20-9-12)17(24)23(5)19(26)22(16)4/h6-10,14,21H,1-5H3/t14-/m1/s1. The lowest BCUT2D eigenvalue weighted by Crippen LogP contribution is -2.43. The van der Waals surface area contributed by atoms with Crippen molar-refractivity contribution >= 4 is 11.8 Å². The molecule has 8 heteroatoms. The largest absolute Gasteiger partial charge is 0.460 e. The van der Waals surface area contributed by atoms with E-state index in [4.69, 9.17) is 4.74 Å². The molecular formula is C19H22N4O4. The van der Waals surface area contributed by atoms with Crippen LogP contribution in [0.5, 0.6) is 0 Å². The van der Waals surface area contributed by atoms with Gasteiger partial charge in [-0.3, -0.25) is 18.9 Å². The predicted molar refractivity (Wildman–Crippen MR) is 101 cm³/mol. The van der Waals surface area contributed by atoms with Crippen molar-refractivity contribution in [1.82, 2.24) is 14.1 Å². The van der Waals surface area contributed by atoms with Crippen molar-refractivity contribution in [2.24, 2.45) is 14.1 Å². The van der Waals surface area contributed by atoms with Crippen LogP contribution >= 0.6 is 0 Å². The Morgan fingerprint density at radius 1 is 1.26 bits per heavy atom. The second kappa shape index (κ2) is 6.86. The van der Waals surface area contributed by atoms with Crippen molar-refractivity contribution in [3.05, 3.63) is 67.8 Å². The van der Waals surface area contributed by atoms with Crippen molar-refractivity contribution in [2.45, 2.75) is 32.8 Å².